The van der Waals surface area contributed by atoms with Gasteiger partial charge in [0.05, 0.1) is 25.3 Å². The molecule has 0 amide bonds. The molecule has 0 unspecified atom stereocenters. The van der Waals surface area contributed by atoms with Gasteiger partial charge in [-0.15, -0.1) is 0 Å². The van der Waals surface area contributed by atoms with Crippen LogP contribution in [0.1, 0.15) is 76.0 Å². The van der Waals surface area contributed by atoms with Crippen molar-refractivity contribution in [2.75, 3.05) is 19.5 Å². The summed E-state index contributed by atoms with van der Waals surface area (Å²) in [5.41, 5.74) is 5.79. The van der Waals surface area contributed by atoms with Crippen molar-refractivity contribution < 1.29 is 14.3 Å². The molecule has 4 nitrogen and oxygen atoms in total. The maximum atomic E-state index is 12.9. The summed E-state index contributed by atoms with van der Waals surface area (Å²) in [4.78, 5) is 12.9. The average Bonchev–Trinajstić information content (AvgIpc) is 2.78. The van der Waals surface area contributed by atoms with Crippen LogP contribution in [0.25, 0.3) is 0 Å². The summed E-state index contributed by atoms with van der Waals surface area (Å²) >= 11 is 0. The molecule has 2 aromatic rings. The van der Waals surface area contributed by atoms with Crippen LogP contribution in [0.4, 0.5) is 11.4 Å². The predicted molar refractivity (Wildman–Crippen MR) is 130 cm³/mol. The lowest BCUT2D eigenvalue weighted by molar-refractivity contribution is -0.161. The van der Waals surface area contributed by atoms with Gasteiger partial charge >= 0.3 is 5.97 Å². The van der Waals surface area contributed by atoms with E-state index in [1.165, 1.54) is 23.8 Å². The highest BCUT2D eigenvalue weighted by molar-refractivity contribution is 5.78. The molecule has 2 aliphatic rings. The van der Waals surface area contributed by atoms with E-state index >= 15 is 0 Å². The molecule has 1 saturated carbocycles. The SMILES string of the molecule is COC(=O)[C@]1(C)CCC[C@]2(C)c3cc(Nc4ccccc4OC)c(C(C)C)cc3CC[C@@H]12. The zero-order valence-corrected chi connectivity index (χ0v) is 20.4. The van der Waals surface area contributed by atoms with Crippen molar-refractivity contribution in [2.45, 2.75) is 71.1 Å². The molecular weight excluding hydrogens is 398 g/mol. The summed E-state index contributed by atoms with van der Waals surface area (Å²) in [6.45, 7) is 9.00. The number of aryl methyl sites for hydroxylation is 1. The number of anilines is 2. The van der Waals surface area contributed by atoms with Crippen LogP contribution in [0.2, 0.25) is 0 Å². The molecule has 2 aromatic carbocycles. The Morgan fingerprint density at radius 2 is 1.84 bits per heavy atom. The van der Waals surface area contributed by atoms with E-state index in [1.807, 2.05) is 18.2 Å². The zero-order valence-electron chi connectivity index (χ0n) is 20.4. The first-order valence-corrected chi connectivity index (χ1v) is 11.9. The fraction of sp³-hybridized carbons (Fsp3) is 0.536. The lowest BCUT2D eigenvalue weighted by Crippen LogP contribution is -2.52. The minimum atomic E-state index is -0.424. The maximum absolute atomic E-state index is 12.9. The van der Waals surface area contributed by atoms with E-state index in [0.717, 1.165) is 49.2 Å². The predicted octanol–water partition coefficient (Wildman–Crippen LogP) is 6.75. The van der Waals surface area contributed by atoms with E-state index in [9.17, 15) is 4.79 Å². The van der Waals surface area contributed by atoms with Crippen LogP contribution in [-0.2, 0) is 21.4 Å². The largest absolute Gasteiger partial charge is 0.495 e. The Morgan fingerprint density at radius 3 is 2.53 bits per heavy atom. The van der Waals surface area contributed by atoms with Crippen LogP contribution in [0, 0.1) is 11.3 Å². The summed E-state index contributed by atoms with van der Waals surface area (Å²) < 4.78 is 10.9. The summed E-state index contributed by atoms with van der Waals surface area (Å²) in [5, 5.41) is 3.67. The first-order valence-electron chi connectivity index (χ1n) is 11.9. The highest BCUT2D eigenvalue weighted by atomic mass is 16.5. The van der Waals surface area contributed by atoms with E-state index < -0.39 is 5.41 Å². The number of hydrogen-bond acceptors (Lipinski definition) is 4. The van der Waals surface area contributed by atoms with Crippen molar-refractivity contribution >= 4 is 17.3 Å². The van der Waals surface area contributed by atoms with Gasteiger partial charge in [-0.3, -0.25) is 4.79 Å². The van der Waals surface area contributed by atoms with Crippen LogP contribution in [0.3, 0.4) is 0 Å². The number of carbonyl (C=O) groups excluding carboxylic acids is 1. The molecule has 2 aliphatic carbocycles. The Labute approximate surface area is 192 Å². The molecular formula is C28H37NO3. The summed E-state index contributed by atoms with van der Waals surface area (Å²) in [6, 6.07) is 12.8. The summed E-state index contributed by atoms with van der Waals surface area (Å²) in [6.07, 6.45) is 5.10. The van der Waals surface area contributed by atoms with Gasteiger partial charge in [0.25, 0.3) is 0 Å². The van der Waals surface area contributed by atoms with Gasteiger partial charge in [-0.25, -0.2) is 0 Å². The molecule has 4 heteroatoms. The van der Waals surface area contributed by atoms with Crippen LogP contribution >= 0.6 is 0 Å². The number of fused-ring (bicyclic) bond motifs is 3. The molecule has 32 heavy (non-hydrogen) atoms. The van der Waals surface area contributed by atoms with E-state index in [1.54, 1.807) is 7.11 Å². The quantitative estimate of drug-likeness (QED) is 0.528. The first-order chi connectivity index (χ1) is 15.2. The molecule has 3 atom stereocenters. The van der Waals surface area contributed by atoms with Gasteiger partial charge in [0.15, 0.2) is 0 Å². The minimum absolute atomic E-state index is 0.0402. The van der Waals surface area contributed by atoms with Crippen LogP contribution in [0.15, 0.2) is 36.4 Å². The molecule has 0 aliphatic heterocycles. The number of methoxy groups -OCH3 is 2. The molecule has 172 valence electrons. The Morgan fingerprint density at radius 1 is 1.09 bits per heavy atom. The minimum Gasteiger partial charge on any atom is -0.495 e. The molecule has 0 spiro atoms. The van der Waals surface area contributed by atoms with Gasteiger partial charge in [-0.2, -0.15) is 0 Å². The van der Waals surface area contributed by atoms with Gasteiger partial charge in [-0.05, 0) is 84.7 Å². The summed E-state index contributed by atoms with van der Waals surface area (Å²) in [5.74, 6) is 1.46. The smallest absolute Gasteiger partial charge is 0.311 e. The van der Waals surface area contributed by atoms with E-state index in [2.05, 4.69) is 51.2 Å². The number of nitrogens with one attached hydrogen (secondary N) is 1. The maximum Gasteiger partial charge on any atom is 0.311 e. The number of carbonyl (C=O) groups is 1. The van der Waals surface area contributed by atoms with Gasteiger partial charge < -0.3 is 14.8 Å². The summed E-state index contributed by atoms with van der Waals surface area (Å²) in [7, 11) is 3.23. The van der Waals surface area contributed by atoms with Crippen LogP contribution < -0.4 is 10.1 Å². The van der Waals surface area contributed by atoms with Crippen LogP contribution in [0.5, 0.6) is 5.75 Å². The lowest BCUT2D eigenvalue weighted by atomic mass is 9.49. The molecule has 0 radical (unpaired) electrons. The standard InChI is InChI=1S/C28H37NO3/c1-18(2)20-16-19-12-13-25-27(3,14-9-15-28(25,4)26(30)32-6)21(19)17-23(20)29-22-10-7-8-11-24(22)31-5/h7-8,10-11,16-18,25,29H,9,12-15H2,1-6H3/t25-,27-,28-/m1/s1. The highest BCUT2D eigenvalue weighted by Crippen LogP contribution is 2.58. The van der Waals surface area contributed by atoms with Crippen molar-refractivity contribution in [1.29, 1.82) is 0 Å². The average molecular weight is 436 g/mol. The number of para-hydroxylation sites is 2. The van der Waals surface area contributed by atoms with E-state index in [4.69, 9.17) is 9.47 Å². The fourth-order valence-electron chi connectivity index (χ4n) is 6.49. The second-order valence-electron chi connectivity index (χ2n) is 10.3. The third kappa shape index (κ3) is 3.58. The Kier molecular flexibility index (Phi) is 6.00. The number of ether oxygens (including phenoxy) is 2. The zero-order chi connectivity index (χ0) is 23.1. The molecule has 0 saturated heterocycles. The number of rotatable bonds is 5. The number of esters is 1. The van der Waals surface area contributed by atoms with Crippen LogP contribution in [-0.4, -0.2) is 20.2 Å². The highest BCUT2D eigenvalue weighted by Gasteiger charge is 2.55. The second kappa shape index (κ2) is 8.46. The van der Waals surface area contributed by atoms with Crippen molar-refractivity contribution in [2.24, 2.45) is 11.3 Å². The Hall–Kier alpha value is -2.49. The first kappa shape index (κ1) is 22.7. The third-order valence-corrected chi connectivity index (χ3v) is 8.17. The Bertz CT molecular complexity index is 1010. The van der Waals surface area contributed by atoms with Gasteiger partial charge in [0.1, 0.15) is 5.75 Å². The number of hydrogen-bond donors (Lipinski definition) is 1. The van der Waals surface area contributed by atoms with Crippen molar-refractivity contribution in [1.82, 2.24) is 0 Å². The Balaban J connectivity index is 1.82. The van der Waals surface area contributed by atoms with E-state index in [-0.39, 0.29) is 17.3 Å². The molecule has 0 aromatic heterocycles. The van der Waals surface area contributed by atoms with Crippen molar-refractivity contribution in [3.8, 4) is 5.75 Å². The third-order valence-electron chi connectivity index (χ3n) is 8.17. The normalized spacial score (nSPS) is 26.8. The monoisotopic (exact) mass is 435 g/mol. The molecule has 0 heterocycles. The second-order valence-corrected chi connectivity index (χ2v) is 10.3. The van der Waals surface area contributed by atoms with E-state index in [0.29, 0.717) is 5.92 Å². The number of benzene rings is 2. The van der Waals surface area contributed by atoms with Gasteiger partial charge in [0.2, 0.25) is 0 Å². The lowest BCUT2D eigenvalue weighted by Gasteiger charge is -2.54. The van der Waals surface area contributed by atoms with Crippen molar-refractivity contribution in [3.05, 3.63) is 53.1 Å². The molecule has 0 bridgehead atoms. The molecule has 4 rings (SSSR count). The van der Waals surface area contributed by atoms with Gasteiger partial charge in [0, 0.05) is 5.69 Å². The molecule has 1 fully saturated rings. The van der Waals surface area contributed by atoms with Crippen molar-refractivity contribution in [3.63, 3.8) is 0 Å². The molecule has 1 N–H and O–H groups in total. The fourth-order valence-corrected chi connectivity index (χ4v) is 6.49. The van der Waals surface area contributed by atoms with Gasteiger partial charge in [-0.1, -0.05) is 45.4 Å². The topological polar surface area (TPSA) is 47.6 Å².